The van der Waals surface area contributed by atoms with E-state index in [1.807, 2.05) is 0 Å². The van der Waals surface area contributed by atoms with E-state index in [1.54, 1.807) is 6.92 Å². The van der Waals surface area contributed by atoms with Crippen molar-refractivity contribution in [2.45, 2.75) is 6.92 Å². The van der Waals surface area contributed by atoms with Crippen molar-refractivity contribution in [1.29, 1.82) is 0 Å². The van der Waals surface area contributed by atoms with Gasteiger partial charge in [0.15, 0.2) is 7.69 Å². The minimum absolute atomic E-state index is 0.431. The molecule has 0 atom stereocenters. The quantitative estimate of drug-likeness (QED) is 0.388. The molecule has 0 spiro atoms. The Kier molecular flexibility index (Phi) is 3.97. The predicted octanol–water partition coefficient (Wildman–Crippen LogP) is -1.08. The second-order valence-electron chi connectivity index (χ2n) is 0.552. The summed E-state index contributed by atoms with van der Waals surface area (Å²) in [6.07, 6.45) is 0. The summed E-state index contributed by atoms with van der Waals surface area (Å²) in [4.78, 5) is 0. The van der Waals surface area contributed by atoms with E-state index in [-0.39, 0.29) is 0 Å². The van der Waals surface area contributed by atoms with Crippen molar-refractivity contribution in [3.8, 4) is 0 Å². The first kappa shape index (κ1) is 4.98. The molecule has 0 saturated heterocycles. The normalized spacial score (nSPS) is 7.60. The monoisotopic (exact) mass is 72.0 g/mol. The fourth-order valence-corrected chi connectivity index (χ4v) is 0.0680. The number of hydrogen-bond acceptors (Lipinski definition) is 2. The molecule has 0 N–H and O–H groups in total. The van der Waals surface area contributed by atoms with Gasteiger partial charge < -0.3 is 9.68 Å². The average molecular weight is 71.9 g/mol. The van der Waals surface area contributed by atoms with Crippen molar-refractivity contribution in [1.82, 2.24) is 0 Å². The van der Waals surface area contributed by atoms with Crippen LogP contribution in [0.4, 0.5) is 0 Å². The molecule has 3 heteroatoms. The van der Waals surface area contributed by atoms with Gasteiger partial charge in [-0.15, -0.1) is 0 Å². The highest BCUT2D eigenvalue weighted by atomic mass is 16.5. The maximum Gasteiger partial charge on any atom is 0.163 e. The summed E-state index contributed by atoms with van der Waals surface area (Å²) in [6.45, 7) is 2.23. The summed E-state index contributed by atoms with van der Waals surface area (Å²) in [5.41, 5.74) is 0. The third-order valence-electron chi connectivity index (χ3n) is 0.235. The van der Waals surface area contributed by atoms with Gasteiger partial charge in [0.2, 0.25) is 0 Å². The van der Waals surface area contributed by atoms with E-state index in [9.17, 15) is 5.02 Å². The Morgan fingerprint density at radius 2 is 2.60 bits per heavy atom. The molecule has 0 aliphatic heterocycles. The zero-order chi connectivity index (χ0) is 4.12. The molecule has 2 nitrogen and oxygen atoms in total. The van der Waals surface area contributed by atoms with Crippen molar-refractivity contribution in [3.63, 3.8) is 0 Å². The van der Waals surface area contributed by atoms with Gasteiger partial charge in [0.1, 0.15) is 0 Å². The van der Waals surface area contributed by atoms with Crippen LogP contribution in [-0.2, 0) is 4.65 Å². The lowest BCUT2D eigenvalue weighted by atomic mass is 10.4. The molecule has 0 aromatic rings. The molecule has 29 valence electrons. The molecule has 0 rings (SSSR count). The Balaban J connectivity index is 2.19. The van der Waals surface area contributed by atoms with Gasteiger partial charge >= 0.3 is 0 Å². The Hall–Kier alpha value is -0.0151. The molecule has 0 fully saturated rings. The molecule has 0 saturated carbocycles. The van der Waals surface area contributed by atoms with E-state index >= 15 is 0 Å². The fourth-order valence-electron chi connectivity index (χ4n) is 0.0680. The molecule has 0 unspecified atom stereocenters. The minimum atomic E-state index is 0.431. The lowest BCUT2D eigenvalue weighted by Crippen LogP contribution is -2.14. The summed E-state index contributed by atoms with van der Waals surface area (Å²) in [6, 6.07) is 0. The molecular formula is C2H5BO2-. The van der Waals surface area contributed by atoms with Crippen LogP contribution in [0.5, 0.6) is 0 Å². The molecule has 0 amide bonds. The Labute approximate surface area is 32.1 Å². The van der Waals surface area contributed by atoms with Crippen LogP contribution in [0.25, 0.3) is 0 Å². The lowest BCUT2D eigenvalue weighted by Gasteiger charge is -1.96. The molecule has 0 bridgehead atoms. The molecule has 5 heavy (non-hydrogen) atoms. The van der Waals surface area contributed by atoms with Crippen molar-refractivity contribution >= 4 is 7.69 Å². The van der Waals surface area contributed by atoms with E-state index in [2.05, 4.69) is 4.65 Å². The van der Waals surface area contributed by atoms with Crippen LogP contribution in [-0.4, -0.2) is 14.3 Å². The van der Waals surface area contributed by atoms with Crippen molar-refractivity contribution in [2.75, 3.05) is 6.61 Å². The molecule has 1 radical (unpaired) electrons. The lowest BCUT2D eigenvalue weighted by molar-refractivity contribution is -0.206. The predicted molar refractivity (Wildman–Crippen MR) is 17.4 cm³/mol. The van der Waals surface area contributed by atoms with E-state index in [0.717, 1.165) is 0 Å². The third-order valence-corrected chi connectivity index (χ3v) is 0.235. The van der Waals surface area contributed by atoms with Gasteiger partial charge in [-0.3, -0.25) is 0 Å². The van der Waals surface area contributed by atoms with Crippen LogP contribution >= 0.6 is 0 Å². The summed E-state index contributed by atoms with van der Waals surface area (Å²) in [5.74, 6) is 0. The van der Waals surface area contributed by atoms with Crippen molar-refractivity contribution in [2.24, 2.45) is 0 Å². The van der Waals surface area contributed by atoms with E-state index in [4.69, 9.17) is 0 Å². The SMILES string of the molecule is CCO[B][O-]. The zero-order valence-electron chi connectivity index (χ0n) is 3.10. The summed E-state index contributed by atoms with van der Waals surface area (Å²) in [7, 11) is 0.431. The number of hydrogen-bond donors (Lipinski definition) is 0. The van der Waals surface area contributed by atoms with Crippen LogP contribution in [0.15, 0.2) is 0 Å². The van der Waals surface area contributed by atoms with Gasteiger partial charge in [-0.25, -0.2) is 0 Å². The molecule has 0 aromatic heterocycles. The van der Waals surface area contributed by atoms with Gasteiger partial charge in [0.25, 0.3) is 0 Å². The smallest absolute Gasteiger partial charge is 0.163 e. The second kappa shape index (κ2) is 3.98. The first-order chi connectivity index (χ1) is 2.41. The fraction of sp³-hybridized carbons (Fsp3) is 1.00. The van der Waals surface area contributed by atoms with Gasteiger partial charge in [0.05, 0.1) is 0 Å². The number of rotatable bonds is 2. The molecule has 0 aliphatic rings. The standard InChI is InChI=1S/C2H5BO2/c1-2-5-3-4/h2H2,1H3/q-1. The van der Waals surface area contributed by atoms with Crippen molar-refractivity contribution < 1.29 is 9.68 Å². The maximum absolute atomic E-state index is 9.18. The first-order valence-corrected chi connectivity index (χ1v) is 1.47. The van der Waals surface area contributed by atoms with Crippen LogP contribution in [0.3, 0.4) is 0 Å². The largest absolute Gasteiger partial charge is 0.861 e. The van der Waals surface area contributed by atoms with E-state index < -0.39 is 0 Å². The Morgan fingerprint density at radius 1 is 2.00 bits per heavy atom. The zero-order valence-corrected chi connectivity index (χ0v) is 3.10. The topological polar surface area (TPSA) is 32.3 Å². The summed E-state index contributed by atoms with van der Waals surface area (Å²) < 4.78 is 4.15. The minimum Gasteiger partial charge on any atom is -0.861 e. The first-order valence-electron chi connectivity index (χ1n) is 1.47. The average Bonchev–Trinajstić information content (AvgIpc) is 1.41. The summed E-state index contributed by atoms with van der Waals surface area (Å²) >= 11 is 0. The van der Waals surface area contributed by atoms with Crippen molar-refractivity contribution in [3.05, 3.63) is 0 Å². The Morgan fingerprint density at radius 3 is 2.60 bits per heavy atom. The van der Waals surface area contributed by atoms with Crippen LogP contribution in [0.2, 0.25) is 0 Å². The van der Waals surface area contributed by atoms with E-state index in [0.29, 0.717) is 14.3 Å². The van der Waals surface area contributed by atoms with Crippen LogP contribution < -0.4 is 5.02 Å². The van der Waals surface area contributed by atoms with Crippen LogP contribution in [0.1, 0.15) is 6.92 Å². The van der Waals surface area contributed by atoms with Gasteiger partial charge in [0, 0.05) is 6.61 Å². The second-order valence-corrected chi connectivity index (χ2v) is 0.552. The maximum atomic E-state index is 9.18. The Bertz CT molecular complexity index is 15.1. The van der Waals surface area contributed by atoms with Gasteiger partial charge in [-0.1, -0.05) is 0 Å². The molecule has 0 aromatic carbocycles. The molecule has 0 heterocycles. The highest BCUT2D eigenvalue weighted by molar-refractivity contribution is 6.13. The molecule has 0 aliphatic carbocycles. The highest BCUT2D eigenvalue weighted by Crippen LogP contribution is 1.54. The van der Waals surface area contributed by atoms with Crippen LogP contribution in [0, 0.1) is 0 Å². The molecular weight excluding hydrogens is 66.8 g/mol. The van der Waals surface area contributed by atoms with Gasteiger partial charge in [-0.05, 0) is 6.92 Å². The van der Waals surface area contributed by atoms with Gasteiger partial charge in [-0.2, -0.15) is 0 Å². The van der Waals surface area contributed by atoms with E-state index in [1.165, 1.54) is 0 Å². The third kappa shape index (κ3) is 3.98. The highest BCUT2D eigenvalue weighted by Gasteiger charge is 1.58. The summed E-state index contributed by atoms with van der Waals surface area (Å²) in [5, 5.41) is 9.18.